The van der Waals surface area contributed by atoms with E-state index in [1.165, 1.54) is 10.6 Å². The van der Waals surface area contributed by atoms with E-state index in [2.05, 4.69) is 37.0 Å². The lowest BCUT2D eigenvalue weighted by atomic mass is 10.3. The van der Waals surface area contributed by atoms with E-state index in [0.29, 0.717) is 0 Å². The molecule has 2 aromatic rings. The molecular weight excluding hydrogens is 316 g/mol. The number of fused-ring (bicyclic) bond motifs is 1. The maximum Gasteiger partial charge on any atom is 0.356 e. The molecule has 14 heavy (non-hydrogen) atoms. The number of carbonyl (C=O) groups is 1. The van der Waals surface area contributed by atoms with Crippen LogP contribution in [0.15, 0.2) is 27.3 Å². The van der Waals surface area contributed by atoms with Gasteiger partial charge in [0.1, 0.15) is 0 Å². The molecule has 0 fully saturated rings. The summed E-state index contributed by atoms with van der Waals surface area (Å²) in [5.74, 6) is -1.03. The van der Waals surface area contributed by atoms with Gasteiger partial charge in [-0.2, -0.15) is 5.10 Å². The summed E-state index contributed by atoms with van der Waals surface area (Å²) in [7, 11) is 0. The van der Waals surface area contributed by atoms with Gasteiger partial charge in [0.25, 0.3) is 0 Å². The molecule has 0 radical (unpaired) electrons. The standard InChI is InChI=1S/C8H4Br2N2O2/c9-4-1-5(10)7-2-6(8(13)14)11-12(7)3-4/h1-3H,(H,13,14). The summed E-state index contributed by atoms with van der Waals surface area (Å²) < 4.78 is 3.14. The molecule has 0 unspecified atom stereocenters. The third-order valence-electron chi connectivity index (χ3n) is 1.71. The number of carboxylic acids is 1. The van der Waals surface area contributed by atoms with E-state index in [-0.39, 0.29) is 5.69 Å². The first-order chi connectivity index (χ1) is 6.58. The van der Waals surface area contributed by atoms with Gasteiger partial charge in [-0.3, -0.25) is 0 Å². The minimum absolute atomic E-state index is 0.0313. The van der Waals surface area contributed by atoms with E-state index in [0.717, 1.165) is 14.5 Å². The van der Waals surface area contributed by atoms with Gasteiger partial charge < -0.3 is 5.11 Å². The molecular formula is C8H4Br2N2O2. The van der Waals surface area contributed by atoms with Crippen molar-refractivity contribution in [2.24, 2.45) is 0 Å². The van der Waals surface area contributed by atoms with Gasteiger partial charge in [-0.1, -0.05) is 0 Å². The van der Waals surface area contributed by atoms with Crippen LogP contribution in [0, 0.1) is 0 Å². The smallest absolute Gasteiger partial charge is 0.356 e. The Morgan fingerprint density at radius 1 is 1.43 bits per heavy atom. The van der Waals surface area contributed by atoms with Gasteiger partial charge in [0.2, 0.25) is 0 Å². The largest absolute Gasteiger partial charge is 0.476 e. The Labute approximate surface area is 95.8 Å². The first kappa shape index (κ1) is 9.67. The second-order valence-electron chi connectivity index (χ2n) is 2.67. The topological polar surface area (TPSA) is 54.6 Å². The van der Waals surface area contributed by atoms with E-state index in [4.69, 9.17) is 5.11 Å². The monoisotopic (exact) mass is 318 g/mol. The lowest BCUT2D eigenvalue weighted by Crippen LogP contribution is -1.97. The van der Waals surface area contributed by atoms with Gasteiger partial charge in [-0.15, -0.1) is 0 Å². The minimum atomic E-state index is -1.03. The number of aromatic carboxylic acids is 1. The van der Waals surface area contributed by atoms with Gasteiger partial charge in [0.05, 0.1) is 5.52 Å². The highest BCUT2D eigenvalue weighted by Crippen LogP contribution is 2.23. The van der Waals surface area contributed by atoms with Crippen LogP contribution in [0.3, 0.4) is 0 Å². The van der Waals surface area contributed by atoms with Crippen LogP contribution in [0.1, 0.15) is 10.5 Å². The summed E-state index contributed by atoms with van der Waals surface area (Å²) >= 11 is 6.62. The molecule has 0 spiro atoms. The molecule has 0 aliphatic heterocycles. The second kappa shape index (κ2) is 3.36. The van der Waals surface area contributed by atoms with Gasteiger partial charge in [0.15, 0.2) is 5.69 Å². The number of hydrogen-bond acceptors (Lipinski definition) is 2. The number of halogens is 2. The maximum absolute atomic E-state index is 10.7. The van der Waals surface area contributed by atoms with Gasteiger partial charge in [-0.25, -0.2) is 9.31 Å². The van der Waals surface area contributed by atoms with Crippen molar-refractivity contribution in [1.29, 1.82) is 0 Å². The summed E-state index contributed by atoms with van der Waals surface area (Å²) in [6, 6.07) is 3.35. The van der Waals surface area contributed by atoms with Crippen molar-refractivity contribution in [3.05, 3.63) is 33.0 Å². The summed E-state index contributed by atoms with van der Waals surface area (Å²) in [6.07, 6.45) is 1.70. The molecule has 2 rings (SSSR count). The lowest BCUT2D eigenvalue weighted by Gasteiger charge is -1.96. The molecule has 2 aromatic heterocycles. The minimum Gasteiger partial charge on any atom is -0.476 e. The van der Waals surface area contributed by atoms with Crippen LogP contribution in [0.2, 0.25) is 0 Å². The molecule has 0 amide bonds. The number of aromatic nitrogens is 2. The quantitative estimate of drug-likeness (QED) is 0.879. The fourth-order valence-electron chi connectivity index (χ4n) is 1.12. The Morgan fingerprint density at radius 2 is 2.14 bits per heavy atom. The van der Waals surface area contributed by atoms with Crippen LogP contribution >= 0.6 is 31.9 Å². The van der Waals surface area contributed by atoms with Crippen LogP contribution in [0.25, 0.3) is 5.52 Å². The van der Waals surface area contributed by atoms with E-state index in [1.807, 2.05) is 6.07 Å². The van der Waals surface area contributed by atoms with Crippen molar-refractivity contribution in [2.75, 3.05) is 0 Å². The zero-order valence-electron chi connectivity index (χ0n) is 6.74. The highest BCUT2D eigenvalue weighted by atomic mass is 79.9. The first-order valence-corrected chi connectivity index (χ1v) is 5.24. The van der Waals surface area contributed by atoms with E-state index >= 15 is 0 Å². The van der Waals surface area contributed by atoms with E-state index in [1.54, 1.807) is 6.20 Å². The molecule has 0 aliphatic carbocycles. The van der Waals surface area contributed by atoms with E-state index < -0.39 is 5.97 Å². The summed E-state index contributed by atoms with van der Waals surface area (Å²) in [4.78, 5) is 10.7. The van der Waals surface area contributed by atoms with Gasteiger partial charge in [0, 0.05) is 15.1 Å². The molecule has 2 heterocycles. The fourth-order valence-corrected chi connectivity index (χ4v) is 2.40. The van der Waals surface area contributed by atoms with Crippen molar-refractivity contribution >= 4 is 43.3 Å². The van der Waals surface area contributed by atoms with E-state index in [9.17, 15) is 4.79 Å². The molecule has 0 aromatic carbocycles. The number of hydrogen-bond donors (Lipinski definition) is 1. The van der Waals surface area contributed by atoms with Crippen LogP contribution in [-0.2, 0) is 0 Å². The molecule has 72 valence electrons. The van der Waals surface area contributed by atoms with Crippen molar-refractivity contribution in [2.45, 2.75) is 0 Å². The predicted octanol–water partition coefficient (Wildman–Crippen LogP) is 2.56. The second-order valence-corrected chi connectivity index (χ2v) is 4.44. The Kier molecular flexibility index (Phi) is 2.32. The normalized spacial score (nSPS) is 10.7. The lowest BCUT2D eigenvalue weighted by molar-refractivity contribution is 0.0690. The third kappa shape index (κ3) is 1.55. The summed E-state index contributed by atoms with van der Waals surface area (Å²) in [6.45, 7) is 0. The Morgan fingerprint density at radius 3 is 2.79 bits per heavy atom. The number of pyridine rings is 1. The van der Waals surface area contributed by atoms with Gasteiger partial charge in [-0.05, 0) is 44.0 Å². The van der Waals surface area contributed by atoms with Crippen LogP contribution in [0.5, 0.6) is 0 Å². The first-order valence-electron chi connectivity index (χ1n) is 3.65. The molecule has 0 aliphatic rings. The Bertz CT molecular complexity index is 521. The molecule has 6 heteroatoms. The highest BCUT2D eigenvalue weighted by molar-refractivity contribution is 9.11. The van der Waals surface area contributed by atoms with Crippen molar-refractivity contribution in [1.82, 2.24) is 9.61 Å². The summed E-state index contributed by atoms with van der Waals surface area (Å²) in [5, 5.41) is 12.6. The number of rotatable bonds is 1. The van der Waals surface area contributed by atoms with Gasteiger partial charge >= 0.3 is 5.97 Å². The molecule has 0 bridgehead atoms. The maximum atomic E-state index is 10.7. The number of nitrogens with zero attached hydrogens (tertiary/aromatic N) is 2. The summed E-state index contributed by atoms with van der Waals surface area (Å²) in [5.41, 5.74) is 0.759. The molecule has 0 atom stereocenters. The van der Waals surface area contributed by atoms with Crippen LogP contribution < -0.4 is 0 Å². The molecule has 1 N–H and O–H groups in total. The zero-order chi connectivity index (χ0) is 10.3. The zero-order valence-corrected chi connectivity index (χ0v) is 9.91. The van der Waals surface area contributed by atoms with Crippen LogP contribution in [-0.4, -0.2) is 20.7 Å². The SMILES string of the molecule is O=C(O)c1cc2c(Br)cc(Br)cn2n1. The average Bonchev–Trinajstić information content (AvgIpc) is 2.47. The molecule has 0 saturated heterocycles. The van der Waals surface area contributed by atoms with Crippen molar-refractivity contribution in [3.63, 3.8) is 0 Å². The van der Waals surface area contributed by atoms with Crippen molar-refractivity contribution < 1.29 is 9.90 Å². The molecule has 0 saturated carbocycles. The average molecular weight is 320 g/mol. The molecule has 4 nitrogen and oxygen atoms in total. The Hall–Kier alpha value is -0.880. The van der Waals surface area contributed by atoms with Crippen LogP contribution in [0.4, 0.5) is 0 Å². The predicted molar refractivity (Wildman–Crippen MR) is 57.6 cm³/mol. The highest BCUT2D eigenvalue weighted by Gasteiger charge is 2.10. The van der Waals surface area contributed by atoms with Crippen molar-refractivity contribution in [3.8, 4) is 0 Å². The Balaban J connectivity index is 2.76. The third-order valence-corrected chi connectivity index (χ3v) is 2.78. The fraction of sp³-hybridized carbons (Fsp3) is 0. The number of carboxylic acid groups (broad SMARTS) is 1.